The van der Waals surface area contributed by atoms with Crippen LogP contribution in [-0.4, -0.2) is 17.5 Å². The van der Waals surface area contributed by atoms with E-state index in [9.17, 15) is 4.79 Å². The van der Waals surface area contributed by atoms with E-state index in [0.717, 1.165) is 16.2 Å². The number of amides is 1. The summed E-state index contributed by atoms with van der Waals surface area (Å²) in [7, 11) is 1.42. The summed E-state index contributed by atoms with van der Waals surface area (Å²) in [5, 5.41) is 0.464. The highest BCUT2D eigenvalue weighted by Crippen LogP contribution is 2.45. The molecule has 0 atom stereocenters. The molecule has 0 bridgehead atoms. The van der Waals surface area contributed by atoms with Crippen LogP contribution in [0.5, 0.6) is 11.5 Å². The monoisotopic (exact) mass is 289 g/mol. The maximum absolute atomic E-state index is 11.6. The molecule has 0 saturated heterocycles. The normalized spacial score (nSPS) is 13.1. The van der Waals surface area contributed by atoms with Crippen molar-refractivity contribution in [1.29, 1.82) is 0 Å². The van der Waals surface area contributed by atoms with Gasteiger partial charge in [0.2, 0.25) is 0 Å². The number of para-hydroxylation sites is 2. The molecule has 1 heterocycles. The zero-order chi connectivity index (χ0) is 14.1. The average Bonchev–Trinajstić information content (AvgIpc) is 2.47. The maximum Gasteiger partial charge on any atom is 0.341 e. The molecule has 0 aromatic heterocycles. The number of fused-ring (bicyclic) bond motifs is 2. The van der Waals surface area contributed by atoms with Crippen LogP contribution in [0.25, 0.3) is 0 Å². The van der Waals surface area contributed by atoms with Crippen LogP contribution in [0.1, 0.15) is 17.2 Å². The number of hydrogen-bond acceptors (Lipinski definition) is 3. The summed E-state index contributed by atoms with van der Waals surface area (Å²) in [5.41, 5.74) is 1.67. The Morgan fingerprint density at radius 2 is 1.60 bits per heavy atom. The Balaban J connectivity index is 2.19. The lowest BCUT2D eigenvalue weighted by Crippen LogP contribution is -2.32. The lowest BCUT2D eigenvalue weighted by atomic mass is 9.94. The van der Waals surface area contributed by atoms with Crippen LogP contribution in [0.2, 0.25) is 0 Å². The van der Waals surface area contributed by atoms with Gasteiger partial charge in [0.05, 0.1) is 7.11 Å². The number of hydroxylamine groups is 2. The van der Waals surface area contributed by atoms with Crippen LogP contribution in [0, 0.1) is 0 Å². The molecule has 0 spiro atoms. The van der Waals surface area contributed by atoms with E-state index in [1.54, 1.807) is 0 Å². The Morgan fingerprint density at radius 1 is 1.10 bits per heavy atom. The molecule has 0 fully saturated rings. The van der Waals surface area contributed by atoms with Crippen molar-refractivity contribution in [1.82, 2.24) is 5.06 Å². The summed E-state index contributed by atoms with van der Waals surface area (Å²) in [6, 6.07) is 14.6. The lowest BCUT2D eigenvalue weighted by Gasteiger charge is -2.33. The van der Waals surface area contributed by atoms with E-state index in [2.05, 4.69) is 0 Å². The van der Waals surface area contributed by atoms with Gasteiger partial charge >= 0.3 is 5.37 Å². The number of benzene rings is 2. The fourth-order valence-corrected chi connectivity index (χ4v) is 2.58. The van der Waals surface area contributed by atoms with Gasteiger partial charge in [-0.1, -0.05) is 36.4 Å². The minimum atomic E-state index is -0.677. The molecule has 1 aliphatic heterocycles. The summed E-state index contributed by atoms with van der Waals surface area (Å²) < 4.78 is 5.85. The van der Waals surface area contributed by atoms with E-state index in [1.165, 1.54) is 7.11 Å². The third kappa shape index (κ3) is 2.03. The Hall–Kier alpha value is -2.04. The van der Waals surface area contributed by atoms with Crippen molar-refractivity contribution in [3.63, 3.8) is 0 Å². The van der Waals surface area contributed by atoms with Gasteiger partial charge in [0.15, 0.2) is 0 Å². The highest BCUT2D eigenvalue weighted by molar-refractivity contribution is 6.62. The maximum atomic E-state index is 11.6. The SMILES string of the molecule is CON(C(=O)Cl)C1c2ccccc2Oc2ccccc21. The minimum absolute atomic E-state index is 0.425. The Labute approximate surface area is 121 Å². The van der Waals surface area contributed by atoms with Crippen molar-refractivity contribution in [2.45, 2.75) is 6.04 Å². The van der Waals surface area contributed by atoms with Crippen molar-refractivity contribution in [2.24, 2.45) is 0 Å². The predicted molar refractivity (Wildman–Crippen MR) is 74.9 cm³/mol. The molecule has 102 valence electrons. The molecule has 20 heavy (non-hydrogen) atoms. The summed E-state index contributed by atoms with van der Waals surface area (Å²) in [6.45, 7) is 0. The van der Waals surface area contributed by atoms with Gasteiger partial charge in [-0.15, -0.1) is 0 Å². The quantitative estimate of drug-likeness (QED) is 0.474. The van der Waals surface area contributed by atoms with Gasteiger partial charge in [-0.2, -0.15) is 5.06 Å². The van der Waals surface area contributed by atoms with Gasteiger partial charge in [0, 0.05) is 11.1 Å². The lowest BCUT2D eigenvalue weighted by molar-refractivity contribution is -0.101. The number of ether oxygens (including phenoxy) is 1. The van der Waals surface area contributed by atoms with E-state index in [-0.39, 0.29) is 0 Å². The number of nitrogens with zero attached hydrogens (tertiary/aromatic N) is 1. The number of carbonyl (C=O) groups excluding carboxylic acids is 1. The van der Waals surface area contributed by atoms with Gasteiger partial charge in [0.25, 0.3) is 0 Å². The third-order valence-electron chi connectivity index (χ3n) is 3.25. The largest absolute Gasteiger partial charge is 0.457 e. The zero-order valence-corrected chi connectivity index (χ0v) is 11.5. The summed E-state index contributed by atoms with van der Waals surface area (Å²) >= 11 is 5.63. The second-order valence-electron chi connectivity index (χ2n) is 4.34. The fraction of sp³-hybridized carbons (Fsp3) is 0.133. The average molecular weight is 290 g/mol. The summed E-state index contributed by atoms with van der Waals surface area (Å²) in [4.78, 5) is 16.8. The molecule has 1 amide bonds. The smallest absolute Gasteiger partial charge is 0.341 e. The number of rotatable bonds is 2. The van der Waals surface area contributed by atoms with Crippen LogP contribution in [0.3, 0.4) is 0 Å². The van der Waals surface area contributed by atoms with Gasteiger partial charge in [-0.3, -0.25) is 9.63 Å². The number of halogens is 1. The summed E-state index contributed by atoms with van der Waals surface area (Å²) in [6.07, 6.45) is 0. The van der Waals surface area contributed by atoms with Crippen LogP contribution >= 0.6 is 11.6 Å². The first-order valence-electron chi connectivity index (χ1n) is 6.11. The highest BCUT2D eigenvalue weighted by atomic mass is 35.5. The second kappa shape index (κ2) is 5.15. The minimum Gasteiger partial charge on any atom is -0.457 e. The molecule has 5 heteroatoms. The molecule has 0 radical (unpaired) electrons. The first-order chi connectivity index (χ1) is 9.72. The van der Waals surface area contributed by atoms with Gasteiger partial charge < -0.3 is 4.74 Å². The molecule has 0 N–H and O–H groups in total. The predicted octanol–water partition coefficient (Wildman–Crippen LogP) is 4.10. The fourth-order valence-electron chi connectivity index (χ4n) is 2.42. The van der Waals surface area contributed by atoms with Crippen LogP contribution < -0.4 is 4.74 Å². The number of carbonyl (C=O) groups is 1. The number of hydrogen-bond donors (Lipinski definition) is 0. The zero-order valence-electron chi connectivity index (χ0n) is 10.7. The first-order valence-corrected chi connectivity index (χ1v) is 6.48. The molecule has 0 aliphatic carbocycles. The van der Waals surface area contributed by atoms with E-state index in [0.29, 0.717) is 11.5 Å². The van der Waals surface area contributed by atoms with Crippen molar-refractivity contribution in [3.8, 4) is 11.5 Å². The van der Waals surface area contributed by atoms with Crippen LogP contribution in [0.15, 0.2) is 48.5 Å². The molecular weight excluding hydrogens is 278 g/mol. The van der Waals surface area contributed by atoms with E-state index in [1.807, 2.05) is 48.5 Å². The summed E-state index contributed by atoms with van der Waals surface area (Å²) in [5.74, 6) is 1.38. The van der Waals surface area contributed by atoms with Crippen molar-refractivity contribution in [2.75, 3.05) is 7.11 Å². The molecule has 2 aromatic rings. The molecule has 1 aliphatic rings. The van der Waals surface area contributed by atoms with E-state index in [4.69, 9.17) is 21.2 Å². The van der Waals surface area contributed by atoms with Crippen molar-refractivity contribution in [3.05, 3.63) is 59.7 Å². The molecule has 3 rings (SSSR count). The molecule has 4 nitrogen and oxygen atoms in total. The molecule has 2 aromatic carbocycles. The van der Waals surface area contributed by atoms with Crippen LogP contribution in [-0.2, 0) is 4.84 Å². The topological polar surface area (TPSA) is 38.8 Å². The van der Waals surface area contributed by atoms with Crippen LogP contribution in [0.4, 0.5) is 4.79 Å². The van der Waals surface area contributed by atoms with Gasteiger partial charge in [0.1, 0.15) is 17.5 Å². The third-order valence-corrected chi connectivity index (χ3v) is 3.42. The van der Waals surface area contributed by atoms with E-state index < -0.39 is 11.4 Å². The Kier molecular flexibility index (Phi) is 3.34. The molecule has 0 saturated carbocycles. The Bertz CT molecular complexity index is 614. The first kappa shape index (κ1) is 13.0. The molecular formula is C15H12ClNO3. The highest BCUT2D eigenvalue weighted by Gasteiger charge is 2.34. The molecule has 0 unspecified atom stereocenters. The van der Waals surface area contributed by atoms with E-state index >= 15 is 0 Å². The van der Waals surface area contributed by atoms with Gasteiger partial charge in [-0.05, 0) is 23.7 Å². The second-order valence-corrected chi connectivity index (χ2v) is 4.66. The van der Waals surface area contributed by atoms with Gasteiger partial charge in [-0.25, -0.2) is 0 Å². The van der Waals surface area contributed by atoms with Crippen molar-refractivity contribution >= 4 is 17.0 Å². The Morgan fingerprint density at radius 3 is 2.05 bits per heavy atom. The standard InChI is InChI=1S/C15H12ClNO3/c1-19-17(15(16)18)14-10-6-2-4-8-12(10)20-13-9-5-3-7-11(13)14/h2-9,14H,1H3. The van der Waals surface area contributed by atoms with Crippen molar-refractivity contribution < 1.29 is 14.4 Å².